The lowest BCUT2D eigenvalue weighted by Crippen LogP contribution is -2.50. The first kappa shape index (κ1) is 17.2. The smallest absolute Gasteiger partial charge is 0.306 e. The molecule has 24 heavy (non-hydrogen) atoms. The van der Waals surface area contributed by atoms with E-state index >= 15 is 0 Å². The second-order valence-electron chi connectivity index (χ2n) is 6.69. The number of nitrogens with one attached hydrogen (secondary N) is 1. The Kier molecular flexibility index (Phi) is 5.11. The van der Waals surface area contributed by atoms with Crippen LogP contribution in [-0.4, -0.2) is 36.2 Å². The molecule has 0 radical (unpaired) electrons. The molecule has 130 valence electrons. The number of hydrogen-bond acceptors (Lipinski definition) is 3. The number of rotatable bonds is 4. The van der Waals surface area contributed by atoms with Crippen LogP contribution < -0.4 is 5.32 Å². The second kappa shape index (κ2) is 7.11. The Morgan fingerprint density at radius 2 is 1.92 bits per heavy atom. The Bertz CT molecular complexity index is 627. The van der Waals surface area contributed by atoms with Gasteiger partial charge in [0.15, 0.2) is 0 Å². The van der Waals surface area contributed by atoms with Crippen LogP contribution in [0.1, 0.15) is 37.7 Å². The van der Waals surface area contributed by atoms with Crippen LogP contribution in [0.2, 0.25) is 5.02 Å². The van der Waals surface area contributed by atoms with Gasteiger partial charge in [-0.15, -0.1) is 0 Å². The topological polar surface area (TPSA) is 75.6 Å². The molecular formula is C18H22ClNO4. The first-order valence-electron chi connectivity index (χ1n) is 8.39. The standard InChI is InChI=1S/C18H22ClNO4/c19-15-4-2-1-3-14(15)18(7-9-24-10-8-18)17(23)20-13-6-5-12(11-13)16(21)22/h1-4,12-13H,5-11H2,(H,20,23)(H,21,22)/t12-,13+/m1/s1. The van der Waals surface area contributed by atoms with Gasteiger partial charge in [0.1, 0.15) is 0 Å². The third kappa shape index (κ3) is 3.28. The molecule has 2 fully saturated rings. The fourth-order valence-corrected chi connectivity index (χ4v) is 4.16. The summed E-state index contributed by atoms with van der Waals surface area (Å²) in [6.07, 6.45) is 2.98. The van der Waals surface area contributed by atoms with Crippen molar-refractivity contribution in [2.75, 3.05) is 13.2 Å². The maximum absolute atomic E-state index is 13.1. The largest absolute Gasteiger partial charge is 0.481 e. The van der Waals surface area contributed by atoms with Crippen molar-refractivity contribution in [3.05, 3.63) is 34.9 Å². The second-order valence-corrected chi connectivity index (χ2v) is 7.10. The zero-order chi connectivity index (χ0) is 17.2. The summed E-state index contributed by atoms with van der Waals surface area (Å²) in [4.78, 5) is 24.2. The number of hydrogen-bond donors (Lipinski definition) is 2. The summed E-state index contributed by atoms with van der Waals surface area (Å²) in [6.45, 7) is 1.03. The van der Waals surface area contributed by atoms with Crippen LogP contribution in [0.5, 0.6) is 0 Å². The van der Waals surface area contributed by atoms with Crippen LogP contribution >= 0.6 is 11.6 Å². The Balaban J connectivity index is 1.81. The molecule has 1 aliphatic heterocycles. The first-order valence-corrected chi connectivity index (χ1v) is 8.77. The highest BCUT2D eigenvalue weighted by Gasteiger charge is 2.44. The van der Waals surface area contributed by atoms with Crippen molar-refractivity contribution in [1.29, 1.82) is 0 Å². The van der Waals surface area contributed by atoms with E-state index in [0.717, 1.165) is 5.56 Å². The molecule has 1 amide bonds. The molecule has 2 aliphatic rings. The van der Waals surface area contributed by atoms with Gasteiger partial charge in [-0.3, -0.25) is 9.59 Å². The van der Waals surface area contributed by atoms with E-state index in [9.17, 15) is 9.59 Å². The van der Waals surface area contributed by atoms with Crippen molar-refractivity contribution >= 4 is 23.5 Å². The average molecular weight is 352 g/mol. The number of benzene rings is 1. The number of amides is 1. The molecule has 2 atom stereocenters. The predicted octanol–water partition coefficient (Wildman–Crippen LogP) is 2.76. The Morgan fingerprint density at radius 3 is 2.54 bits per heavy atom. The number of carbonyl (C=O) groups excluding carboxylic acids is 1. The molecular weight excluding hydrogens is 330 g/mol. The van der Waals surface area contributed by atoms with Crippen molar-refractivity contribution in [3.63, 3.8) is 0 Å². The van der Waals surface area contributed by atoms with Crippen LogP contribution in [0, 0.1) is 5.92 Å². The lowest BCUT2D eigenvalue weighted by Gasteiger charge is -2.37. The lowest BCUT2D eigenvalue weighted by atomic mass is 9.73. The van der Waals surface area contributed by atoms with Crippen molar-refractivity contribution in [3.8, 4) is 0 Å². The van der Waals surface area contributed by atoms with Crippen LogP contribution in [0.4, 0.5) is 0 Å². The molecule has 5 nitrogen and oxygen atoms in total. The molecule has 1 saturated heterocycles. The molecule has 0 spiro atoms. The highest BCUT2D eigenvalue weighted by molar-refractivity contribution is 6.31. The van der Waals surface area contributed by atoms with E-state index in [0.29, 0.717) is 50.3 Å². The minimum atomic E-state index is -0.779. The number of halogens is 1. The highest BCUT2D eigenvalue weighted by atomic mass is 35.5. The summed E-state index contributed by atoms with van der Waals surface area (Å²) in [5.74, 6) is -1.20. The minimum Gasteiger partial charge on any atom is -0.481 e. The van der Waals surface area contributed by atoms with Crippen molar-refractivity contribution in [2.24, 2.45) is 5.92 Å². The monoisotopic (exact) mass is 351 g/mol. The molecule has 1 aliphatic carbocycles. The Hall–Kier alpha value is -1.59. The zero-order valence-electron chi connectivity index (χ0n) is 13.5. The molecule has 1 aromatic carbocycles. The third-order valence-electron chi connectivity index (χ3n) is 5.29. The van der Waals surface area contributed by atoms with Gasteiger partial charge in [-0.25, -0.2) is 0 Å². The summed E-state index contributed by atoms with van der Waals surface area (Å²) in [7, 11) is 0. The number of carboxylic acid groups (broad SMARTS) is 1. The predicted molar refractivity (Wildman–Crippen MR) is 90.1 cm³/mol. The van der Waals surface area contributed by atoms with Gasteiger partial charge in [-0.2, -0.15) is 0 Å². The van der Waals surface area contributed by atoms with Crippen LogP contribution in [-0.2, 0) is 19.7 Å². The molecule has 0 bridgehead atoms. The lowest BCUT2D eigenvalue weighted by molar-refractivity contribution is -0.141. The zero-order valence-corrected chi connectivity index (χ0v) is 14.2. The highest BCUT2D eigenvalue weighted by Crippen LogP contribution is 2.39. The van der Waals surface area contributed by atoms with E-state index in [1.54, 1.807) is 6.07 Å². The van der Waals surface area contributed by atoms with Gasteiger partial charge in [0, 0.05) is 24.3 Å². The maximum atomic E-state index is 13.1. The molecule has 0 unspecified atom stereocenters. The summed E-state index contributed by atoms with van der Waals surface area (Å²) in [5.41, 5.74) is 0.137. The van der Waals surface area contributed by atoms with E-state index in [2.05, 4.69) is 5.32 Å². The quantitative estimate of drug-likeness (QED) is 0.874. The van der Waals surface area contributed by atoms with Crippen molar-refractivity contribution in [1.82, 2.24) is 5.32 Å². The van der Waals surface area contributed by atoms with Gasteiger partial charge < -0.3 is 15.2 Å². The van der Waals surface area contributed by atoms with E-state index in [1.807, 2.05) is 18.2 Å². The molecule has 2 N–H and O–H groups in total. The maximum Gasteiger partial charge on any atom is 0.306 e. The Labute approximate surface area is 146 Å². The fourth-order valence-electron chi connectivity index (χ4n) is 3.85. The van der Waals surface area contributed by atoms with E-state index in [-0.39, 0.29) is 17.9 Å². The number of carbonyl (C=O) groups is 2. The van der Waals surface area contributed by atoms with E-state index in [1.165, 1.54) is 0 Å². The molecule has 3 rings (SSSR count). The van der Waals surface area contributed by atoms with Gasteiger partial charge in [0.25, 0.3) is 0 Å². The average Bonchev–Trinajstić information content (AvgIpc) is 3.04. The molecule has 1 saturated carbocycles. The number of ether oxygens (including phenoxy) is 1. The normalized spacial score (nSPS) is 26.0. The van der Waals surface area contributed by atoms with Crippen LogP contribution in [0.25, 0.3) is 0 Å². The van der Waals surface area contributed by atoms with E-state index < -0.39 is 11.4 Å². The number of carboxylic acids is 1. The van der Waals surface area contributed by atoms with Gasteiger partial charge in [0.05, 0.1) is 11.3 Å². The molecule has 6 heteroatoms. The van der Waals surface area contributed by atoms with Crippen molar-refractivity contribution in [2.45, 2.75) is 43.6 Å². The summed E-state index contributed by atoms with van der Waals surface area (Å²) in [5, 5.41) is 12.8. The van der Waals surface area contributed by atoms with E-state index in [4.69, 9.17) is 21.4 Å². The summed E-state index contributed by atoms with van der Waals surface area (Å²) in [6, 6.07) is 7.37. The van der Waals surface area contributed by atoms with Gasteiger partial charge >= 0.3 is 5.97 Å². The molecule has 1 heterocycles. The van der Waals surface area contributed by atoms with Crippen LogP contribution in [0.15, 0.2) is 24.3 Å². The minimum absolute atomic E-state index is 0.0602. The first-order chi connectivity index (χ1) is 11.5. The number of aliphatic carboxylic acids is 1. The SMILES string of the molecule is O=C(O)[C@@H]1CC[C@H](NC(=O)C2(c3ccccc3Cl)CCOCC2)C1. The van der Waals surface area contributed by atoms with Gasteiger partial charge in [-0.1, -0.05) is 29.8 Å². The fraction of sp³-hybridized carbons (Fsp3) is 0.556. The summed E-state index contributed by atoms with van der Waals surface area (Å²) < 4.78 is 5.45. The van der Waals surface area contributed by atoms with Gasteiger partial charge in [-0.05, 0) is 43.7 Å². The van der Waals surface area contributed by atoms with Crippen LogP contribution in [0.3, 0.4) is 0 Å². The summed E-state index contributed by atoms with van der Waals surface area (Å²) >= 11 is 6.37. The Morgan fingerprint density at radius 1 is 1.21 bits per heavy atom. The third-order valence-corrected chi connectivity index (χ3v) is 5.62. The van der Waals surface area contributed by atoms with Crippen molar-refractivity contribution < 1.29 is 19.4 Å². The van der Waals surface area contributed by atoms with Gasteiger partial charge in [0.2, 0.25) is 5.91 Å². The molecule has 1 aromatic rings. The molecule has 0 aromatic heterocycles.